The Hall–Kier alpha value is -0.630. The monoisotopic (exact) mass is 234 g/mol. The molecule has 2 aliphatic carbocycles. The van der Waals surface area contributed by atoms with Crippen LogP contribution in [-0.2, 0) is 4.74 Å². The molecule has 0 aromatic carbocycles. The topological polar surface area (TPSA) is 9.23 Å². The fourth-order valence-electron chi connectivity index (χ4n) is 3.07. The summed E-state index contributed by atoms with van der Waals surface area (Å²) in [6, 6.07) is 0. The highest BCUT2D eigenvalue weighted by atomic mass is 32.2. The summed E-state index contributed by atoms with van der Waals surface area (Å²) in [5.41, 5.74) is 1.67. The Bertz CT molecular complexity index is 367. The fourth-order valence-corrected chi connectivity index (χ4v) is 4.74. The van der Waals surface area contributed by atoms with Gasteiger partial charge in [0.2, 0.25) is 0 Å². The number of methoxy groups -OCH3 is 1. The van der Waals surface area contributed by atoms with Crippen LogP contribution in [0.4, 0.5) is 0 Å². The van der Waals surface area contributed by atoms with Gasteiger partial charge in [-0.05, 0) is 30.8 Å². The number of ether oxygens (including phenoxy) is 1. The Labute approximate surface area is 102 Å². The summed E-state index contributed by atoms with van der Waals surface area (Å²) in [5.74, 6) is 4.11. The number of hydrogen-bond acceptors (Lipinski definition) is 2. The van der Waals surface area contributed by atoms with Gasteiger partial charge >= 0.3 is 0 Å². The van der Waals surface area contributed by atoms with Gasteiger partial charge in [-0.1, -0.05) is 23.8 Å². The third-order valence-electron chi connectivity index (χ3n) is 3.98. The number of hydrogen-bond donors (Lipinski definition) is 0. The van der Waals surface area contributed by atoms with Crippen LogP contribution in [0, 0.1) is 11.8 Å². The Morgan fingerprint density at radius 3 is 3.12 bits per heavy atom. The highest BCUT2D eigenvalue weighted by molar-refractivity contribution is 8.00. The van der Waals surface area contributed by atoms with Crippen molar-refractivity contribution in [3.63, 3.8) is 0 Å². The SMILES string of the molecule is COC1=CC2SCC(C3=CC=CCC3)C2C1. The summed E-state index contributed by atoms with van der Waals surface area (Å²) >= 11 is 2.11. The van der Waals surface area contributed by atoms with Crippen molar-refractivity contribution >= 4 is 11.8 Å². The van der Waals surface area contributed by atoms with E-state index in [0.717, 1.165) is 18.3 Å². The van der Waals surface area contributed by atoms with Crippen LogP contribution in [0.2, 0.25) is 0 Å². The summed E-state index contributed by atoms with van der Waals surface area (Å²) in [7, 11) is 1.80. The van der Waals surface area contributed by atoms with Crippen molar-refractivity contribution in [2.75, 3.05) is 12.9 Å². The smallest absolute Gasteiger partial charge is 0.0930 e. The van der Waals surface area contributed by atoms with E-state index in [1.54, 1.807) is 12.7 Å². The molecular weight excluding hydrogens is 216 g/mol. The number of thioether (sulfide) groups is 1. The molecule has 2 heteroatoms. The lowest BCUT2D eigenvalue weighted by Gasteiger charge is -2.22. The number of rotatable bonds is 2. The van der Waals surface area contributed by atoms with Crippen LogP contribution in [0.25, 0.3) is 0 Å². The molecule has 3 atom stereocenters. The van der Waals surface area contributed by atoms with E-state index < -0.39 is 0 Å². The van der Waals surface area contributed by atoms with Gasteiger partial charge in [0.25, 0.3) is 0 Å². The molecule has 3 unspecified atom stereocenters. The van der Waals surface area contributed by atoms with Gasteiger partial charge in [0.1, 0.15) is 0 Å². The quantitative estimate of drug-likeness (QED) is 0.722. The van der Waals surface area contributed by atoms with Gasteiger partial charge in [0.05, 0.1) is 12.9 Å². The minimum absolute atomic E-state index is 0.715. The molecule has 0 amide bonds. The van der Waals surface area contributed by atoms with Crippen LogP contribution in [0.1, 0.15) is 19.3 Å². The Balaban J connectivity index is 1.76. The maximum absolute atomic E-state index is 5.40. The normalized spacial score (nSPS) is 36.9. The highest BCUT2D eigenvalue weighted by Gasteiger charge is 2.41. The van der Waals surface area contributed by atoms with E-state index in [0.29, 0.717) is 5.25 Å². The molecule has 0 N–H and O–H groups in total. The summed E-state index contributed by atoms with van der Waals surface area (Å²) in [5, 5.41) is 0.715. The molecule has 16 heavy (non-hydrogen) atoms. The first-order chi connectivity index (χ1) is 7.88. The van der Waals surface area contributed by atoms with Crippen molar-refractivity contribution < 1.29 is 4.74 Å². The lowest BCUT2D eigenvalue weighted by Crippen LogP contribution is -2.17. The third-order valence-corrected chi connectivity index (χ3v) is 5.40. The number of fused-ring (bicyclic) bond motifs is 1. The van der Waals surface area contributed by atoms with Crippen LogP contribution in [0.5, 0.6) is 0 Å². The molecule has 0 spiro atoms. The highest BCUT2D eigenvalue weighted by Crippen LogP contribution is 2.49. The Morgan fingerprint density at radius 2 is 2.38 bits per heavy atom. The molecule has 3 aliphatic rings. The van der Waals surface area contributed by atoms with Crippen molar-refractivity contribution in [1.82, 2.24) is 0 Å². The molecule has 1 heterocycles. The van der Waals surface area contributed by atoms with Gasteiger partial charge in [-0.25, -0.2) is 0 Å². The molecule has 1 aliphatic heterocycles. The average molecular weight is 234 g/mol. The first kappa shape index (κ1) is 10.5. The van der Waals surface area contributed by atoms with Gasteiger partial charge in [0, 0.05) is 17.4 Å². The molecule has 86 valence electrons. The molecule has 1 fully saturated rings. The lowest BCUT2D eigenvalue weighted by molar-refractivity contribution is 0.266. The second kappa shape index (κ2) is 4.33. The first-order valence-corrected chi connectivity index (χ1v) is 7.15. The second-order valence-electron chi connectivity index (χ2n) is 4.82. The van der Waals surface area contributed by atoms with E-state index in [4.69, 9.17) is 4.74 Å². The van der Waals surface area contributed by atoms with Gasteiger partial charge < -0.3 is 4.74 Å². The largest absolute Gasteiger partial charge is 0.501 e. The van der Waals surface area contributed by atoms with Crippen LogP contribution in [0.15, 0.2) is 35.6 Å². The van der Waals surface area contributed by atoms with Gasteiger partial charge in [0.15, 0.2) is 0 Å². The van der Waals surface area contributed by atoms with Gasteiger partial charge in [-0.3, -0.25) is 0 Å². The predicted octanol–water partition coefficient (Wildman–Crippen LogP) is 3.54. The molecule has 0 aromatic heterocycles. The van der Waals surface area contributed by atoms with Crippen molar-refractivity contribution in [3.05, 3.63) is 35.6 Å². The van der Waals surface area contributed by atoms with Crippen LogP contribution in [0.3, 0.4) is 0 Å². The predicted molar refractivity (Wildman–Crippen MR) is 69.4 cm³/mol. The minimum Gasteiger partial charge on any atom is -0.501 e. The van der Waals surface area contributed by atoms with E-state index >= 15 is 0 Å². The summed E-state index contributed by atoms with van der Waals surface area (Å²) in [4.78, 5) is 0. The van der Waals surface area contributed by atoms with E-state index in [1.165, 1.54) is 24.4 Å². The van der Waals surface area contributed by atoms with E-state index in [9.17, 15) is 0 Å². The van der Waals surface area contributed by atoms with Crippen molar-refractivity contribution in [2.24, 2.45) is 11.8 Å². The molecule has 0 aromatic rings. The van der Waals surface area contributed by atoms with Crippen LogP contribution < -0.4 is 0 Å². The lowest BCUT2D eigenvalue weighted by atomic mass is 9.82. The Morgan fingerprint density at radius 1 is 1.44 bits per heavy atom. The van der Waals surface area contributed by atoms with E-state index in [-0.39, 0.29) is 0 Å². The zero-order valence-corrected chi connectivity index (χ0v) is 10.5. The molecule has 1 nitrogen and oxygen atoms in total. The van der Waals surface area contributed by atoms with Crippen molar-refractivity contribution in [1.29, 1.82) is 0 Å². The van der Waals surface area contributed by atoms with Gasteiger partial charge in [-0.2, -0.15) is 11.8 Å². The van der Waals surface area contributed by atoms with Crippen LogP contribution in [-0.4, -0.2) is 18.1 Å². The average Bonchev–Trinajstić information content (AvgIpc) is 2.88. The summed E-state index contributed by atoms with van der Waals surface area (Å²) in [6.07, 6.45) is 12.9. The zero-order valence-electron chi connectivity index (χ0n) is 9.69. The standard InChI is InChI=1S/C14H18OS/c1-15-11-7-12-13(9-16-14(12)8-11)10-5-3-2-4-6-10/h2-3,5,8,12-14H,4,6-7,9H2,1H3. The Kier molecular flexibility index (Phi) is 2.84. The molecule has 0 radical (unpaired) electrons. The third kappa shape index (κ3) is 1.73. The minimum atomic E-state index is 0.715. The molecule has 0 bridgehead atoms. The number of allylic oxidation sites excluding steroid dienone is 5. The van der Waals surface area contributed by atoms with E-state index in [2.05, 4.69) is 36.1 Å². The van der Waals surface area contributed by atoms with Crippen molar-refractivity contribution in [2.45, 2.75) is 24.5 Å². The molecular formula is C14H18OS. The maximum atomic E-state index is 5.40. The molecule has 3 rings (SSSR count). The second-order valence-corrected chi connectivity index (χ2v) is 6.03. The van der Waals surface area contributed by atoms with Gasteiger partial charge in [-0.15, -0.1) is 0 Å². The summed E-state index contributed by atoms with van der Waals surface area (Å²) in [6.45, 7) is 0. The molecule has 1 saturated heterocycles. The fraction of sp³-hybridized carbons (Fsp3) is 0.571. The molecule has 0 saturated carbocycles. The van der Waals surface area contributed by atoms with E-state index in [1.807, 2.05) is 0 Å². The first-order valence-electron chi connectivity index (χ1n) is 6.10. The maximum Gasteiger partial charge on any atom is 0.0930 e. The van der Waals surface area contributed by atoms with Crippen LogP contribution >= 0.6 is 11.8 Å². The zero-order chi connectivity index (χ0) is 11.0. The van der Waals surface area contributed by atoms with Crippen molar-refractivity contribution in [3.8, 4) is 0 Å². The summed E-state index contributed by atoms with van der Waals surface area (Å²) < 4.78 is 5.40.